The second-order valence-corrected chi connectivity index (χ2v) is 4.06. The fourth-order valence-electron chi connectivity index (χ4n) is 1.89. The molecule has 1 saturated heterocycles. The lowest BCUT2D eigenvalue weighted by Crippen LogP contribution is -2.36. The summed E-state index contributed by atoms with van der Waals surface area (Å²) in [6.07, 6.45) is -2.30. The fraction of sp³-hybridized carbons (Fsp3) is 0.600. The van der Waals surface area contributed by atoms with Crippen LogP contribution in [0.4, 0.5) is 4.39 Å². The fourth-order valence-corrected chi connectivity index (χ4v) is 1.89. The van der Waals surface area contributed by atoms with Crippen molar-refractivity contribution in [2.45, 2.75) is 31.5 Å². The molecule has 1 aromatic rings. The first-order chi connectivity index (χ1) is 8.56. The lowest BCUT2D eigenvalue weighted by atomic mass is 10.2. The van der Waals surface area contributed by atoms with Crippen molar-refractivity contribution in [1.29, 1.82) is 0 Å². The number of alkyl halides is 1. The molecule has 0 saturated carbocycles. The molecule has 0 bridgehead atoms. The number of aliphatic hydroxyl groups is 2. The van der Waals surface area contributed by atoms with Gasteiger partial charge in [0.05, 0.1) is 24.9 Å². The highest BCUT2D eigenvalue weighted by Gasteiger charge is 2.37. The Kier molecular flexibility index (Phi) is 3.60. The van der Waals surface area contributed by atoms with Gasteiger partial charge in [-0.25, -0.2) is 9.18 Å². The van der Waals surface area contributed by atoms with Gasteiger partial charge in [0.2, 0.25) is 0 Å². The van der Waals surface area contributed by atoms with Gasteiger partial charge in [0, 0.05) is 12.6 Å². The maximum atomic E-state index is 13.7. The van der Waals surface area contributed by atoms with Crippen molar-refractivity contribution in [1.82, 2.24) is 9.55 Å². The summed E-state index contributed by atoms with van der Waals surface area (Å²) in [5.41, 5.74) is -1.59. The molecular formula is C10H13FN2O5. The summed E-state index contributed by atoms with van der Waals surface area (Å²) >= 11 is 0. The minimum Gasteiger partial charge on any atom is -0.394 e. The molecule has 100 valence electrons. The summed E-state index contributed by atoms with van der Waals surface area (Å²) < 4.78 is 19.7. The van der Waals surface area contributed by atoms with Crippen LogP contribution in [0, 0.1) is 0 Å². The summed E-state index contributed by atoms with van der Waals surface area (Å²) in [5, 5.41) is 17.8. The van der Waals surface area contributed by atoms with E-state index in [4.69, 9.17) is 14.9 Å². The highest BCUT2D eigenvalue weighted by molar-refractivity contribution is 5.03. The van der Waals surface area contributed by atoms with Crippen LogP contribution >= 0.6 is 0 Å². The topological polar surface area (TPSA) is 105 Å². The van der Waals surface area contributed by atoms with Crippen LogP contribution in [0.3, 0.4) is 0 Å². The van der Waals surface area contributed by atoms with Crippen molar-refractivity contribution in [3.05, 3.63) is 32.6 Å². The summed E-state index contributed by atoms with van der Waals surface area (Å²) in [5.74, 6) is 0. The van der Waals surface area contributed by atoms with E-state index in [2.05, 4.69) is 0 Å². The van der Waals surface area contributed by atoms with E-state index in [1.165, 1.54) is 0 Å². The summed E-state index contributed by atoms with van der Waals surface area (Å²) in [6.45, 7) is -0.912. The van der Waals surface area contributed by atoms with Crippen molar-refractivity contribution in [2.24, 2.45) is 0 Å². The van der Waals surface area contributed by atoms with Crippen LogP contribution in [0.15, 0.2) is 15.8 Å². The number of nitrogens with zero attached hydrogens (tertiary/aromatic N) is 1. The van der Waals surface area contributed by atoms with E-state index in [-0.39, 0.29) is 18.6 Å². The molecule has 2 heterocycles. The summed E-state index contributed by atoms with van der Waals surface area (Å²) in [4.78, 5) is 24.8. The number of H-pyrrole nitrogens is 1. The number of ether oxygens (including phenoxy) is 1. The van der Waals surface area contributed by atoms with Gasteiger partial charge in [0.25, 0.3) is 5.56 Å². The van der Waals surface area contributed by atoms with E-state index in [0.29, 0.717) is 0 Å². The normalized spacial score (nSPS) is 27.6. The zero-order valence-electron chi connectivity index (χ0n) is 9.38. The van der Waals surface area contributed by atoms with E-state index in [1.807, 2.05) is 4.98 Å². The number of hydrogen-bond acceptors (Lipinski definition) is 5. The number of hydrogen-bond donors (Lipinski definition) is 3. The van der Waals surface area contributed by atoms with Crippen molar-refractivity contribution in [3.8, 4) is 0 Å². The van der Waals surface area contributed by atoms with Gasteiger partial charge in [0.1, 0.15) is 6.17 Å². The predicted octanol–water partition coefficient (Wildman–Crippen LogP) is -1.35. The van der Waals surface area contributed by atoms with Crippen LogP contribution in [0.2, 0.25) is 0 Å². The zero-order chi connectivity index (χ0) is 13.3. The SMILES string of the molecule is O=c1[nH]c(=O)n(C2OC(CO)CC2F)cc1CO. The van der Waals surface area contributed by atoms with E-state index >= 15 is 0 Å². The Balaban J connectivity index is 2.39. The molecule has 1 aliphatic heterocycles. The molecule has 0 aromatic carbocycles. The van der Waals surface area contributed by atoms with Crippen molar-refractivity contribution >= 4 is 0 Å². The van der Waals surface area contributed by atoms with E-state index < -0.39 is 36.4 Å². The van der Waals surface area contributed by atoms with Crippen LogP contribution in [0.1, 0.15) is 18.2 Å². The van der Waals surface area contributed by atoms with Gasteiger partial charge >= 0.3 is 5.69 Å². The van der Waals surface area contributed by atoms with E-state index in [1.54, 1.807) is 0 Å². The third-order valence-electron chi connectivity index (χ3n) is 2.82. The molecule has 3 unspecified atom stereocenters. The lowest BCUT2D eigenvalue weighted by Gasteiger charge is -2.16. The second kappa shape index (κ2) is 5.01. The smallest absolute Gasteiger partial charge is 0.330 e. The number of nitrogens with one attached hydrogen (secondary N) is 1. The Labute approximate surface area is 100 Å². The number of aromatic amines is 1. The summed E-state index contributed by atoms with van der Waals surface area (Å²) in [7, 11) is 0. The van der Waals surface area contributed by atoms with Gasteiger partial charge in [-0.1, -0.05) is 0 Å². The molecular weight excluding hydrogens is 247 g/mol. The largest absolute Gasteiger partial charge is 0.394 e. The monoisotopic (exact) mass is 260 g/mol. The zero-order valence-corrected chi connectivity index (χ0v) is 9.38. The van der Waals surface area contributed by atoms with Gasteiger partial charge < -0.3 is 14.9 Å². The number of rotatable bonds is 3. The van der Waals surface area contributed by atoms with Crippen LogP contribution in [0.5, 0.6) is 0 Å². The highest BCUT2D eigenvalue weighted by Crippen LogP contribution is 2.29. The number of aromatic nitrogens is 2. The van der Waals surface area contributed by atoms with Gasteiger partial charge in [-0.2, -0.15) is 0 Å². The van der Waals surface area contributed by atoms with Gasteiger partial charge in [-0.15, -0.1) is 0 Å². The lowest BCUT2D eigenvalue weighted by molar-refractivity contribution is -0.0396. The third kappa shape index (κ3) is 2.22. The van der Waals surface area contributed by atoms with Crippen LogP contribution in [0.25, 0.3) is 0 Å². The van der Waals surface area contributed by atoms with Gasteiger partial charge in [0.15, 0.2) is 6.23 Å². The van der Waals surface area contributed by atoms with E-state index in [0.717, 1.165) is 10.8 Å². The van der Waals surface area contributed by atoms with Crippen molar-refractivity contribution < 1.29 is 19.3 Å². The molecule has 2 rings (SSSR count). The number of aliphatic hydroxyl groups excluding tert-OH is 2. The minimum absolute atomic E-state index is 0.0266. The molecule has 0 radical (unpaired) electrons. The first-order valence-corrected chi connectivity index (χ1v) is 5.42. The van der Waals surface area contributed by atoms with Crippen LogP contribution in [-0.4, -0.2) is 38.6 Å². The molecule has 8 heteroatoms. The Morgan fingerprint density at radius 1 is 1.50 bits per heavy atom. The van der Waals surface area contributed by atoms with Crippen molar-refractivity contribution in [3.63, 3.8) is 0 Å². The van der Waals surface area contributed by atoms with Crippen LogP contribution in [-0.2, 0) is 11.3 Å². The molecule has 3 atom stereocenters. The Morgan fingerprint density at radius 3 is 2.78 bits per heavy atom. The minimum atomic E-state index is -1.46. The summed E-state index contributed by atoms with van der Waals surface area (Å²) in [6, 6.07) is 0. The molecule has 0 amide bonds. The molecule has 18 heavy (non-hydrogen) atoms. The molecule has 0 spiro atoms. The van der Waals surface area contributed by atoms with Crippen LogP contribution < -0.4 is 11.2 Å². The molecule has 1 aliphatic rings. The van der Waals surface area contributed by atoms with E-state index in [9.17, 15) is 14.0 Å². The average molecular weight is 260 g/mol. The third-order valence-corrected chi connectivity index (χ3v) is 2.82. The highest BCUT2D eigenvalue weighted by atomic mass is 19.1. The maximum Gasteiger partial charge on any atom is 0.330 e. The predicted molar refractivity (Wildman–Crippen MR) is 57.8 cm³/mol. The Bertz CT molecular complexity index is 540. The standard InChI is InChI=1S/C10H13FN2O5/c11-7-1-6(4-15)18-9(7)13-2-5(3-14)8(16)12-10(13)17/h2,6-7,9,14-15H,1,3-4H2,(H,12,16,17). The average Bonchev–Trinajstić information content (AvgIpc) is 2.71. The Hall–Kier alpha value is -1.51. The first kappa shape index (κ1) is 12.9. The van der Waals surface area contributed by atoms with Crippen molar-refractivity contribution in [2.75, 3.05) is 6.61 Å². The second-order valence-electron chi connectivity index (χ2n) is 4.06. The molecule has 3 N–H and O–H groups in total. The molecule has 0 aliphatic carbocycles. The number of halogens is 1. The van der Waals surface area contributed by atoms with Gasteiger partial charge in [-0.3, -0.25) is 14.3 Å². The van der Waals surface area contributed by atoms with Gasteiger partial charge in [-0.05, 0) is 0 Å². The Morgan fingerprint density at radius 2 is 2.22 bits per heavy atom. The first-order valence-electron chi connectivity index (χ1n) is 5.42. The maximum absolute atomic E-state index is 13.7. The molecule has 1 aromatic heterocycles. The molecule has 1 fully saturated rings. The molecule has 7 nitrogen and oxygen atoms in total. The quantitative estimate of drug-likeness (QED) is 0.623.